The van der Waals surface area contributed by atoms with E-state index in [-0.39, 0.29) is 12.2 Å². The van der Waals surface area contributed by atoms with Gasteiger partial charge < -0.3 is 14.8 Å². The van der Waals surface area contributed by atoms with Crippen LogP contribution in [0.5, 0.6) is 11.5 Å². The number of fused-ring (bicyclic) bond motifs is 4. The van der Waals surface area contributed by atoms with E-state index in [1.54, 1.807) is 18.2 Å². The van der Waals surface area contributed by atoms with Gasteiger partial charge in [0, 0.05) is 17.1 Å². The summed E-state index contributed by atoms with van der Waals surface area (Å²) in [5.41, 5.74) is 0.685. The maximum atomic E-state index is 13.6. The Morgan fingerprint density at radius 2 is 1.97 bits per heavy atom. The molecule has 29 heavy (non-hydrogen) atoms. The lowest BCUT2D eigenvalue weighted by Crippen LogP contribution is -2.28. The average molecular weight is 395 g/mol. The van der Waals surface area contributed by atoms with Gasteiger partial charge in [0.1, 0.15) is 31.9 Å². The van der Waals surface area contributed by atoms with Crippen LogP contribution in [0.15, 0.2) is 47.5 Å². The van der Waals surface area contributed by atoms with Gasteiger partial charge in [-0.3, -0.25) is 4.79 Å². The van der Waals surface area contributed by atoms with Crippen LogP contribution in [0.2, 0.25) is 0 Å². The minimum atomic E-state index is -0.545. The van der Waals surface area contributed by atoms with Crippen LogP contribution < -0.4 is 20.5 Å². The smallest absolute Gasteiger partial charge is 0.352 e. The molecule has 0 aliphatic carbocycles. The number of nitrogens with zero attached hydrogens (tertiary/aromatic N) is 4. The molecule has 0 atom stereocenters. The molecule has 0 fully saturated rings. The van der Waals surface area contributed by atoms with Gasteiger partial charge in [0.05, 0.1) is 5.52 Å². The number of benzene rings is 2. The summed E-state index contributed by atoms with van der Waals surface area (Å²) in [5.74, 6) is 0.234. The lowest BCUT2D eigenvalue weighted by Gasteiger charge is -2.18. The van der Waals surface area contributed by atoms with E-state index in [4.69, 9.17) is 9.47 Å². The zero-order chi connectivity index (χ0) is 20.0. The maximum absolute atomic E-state index is 13.6. The fourth-order valence-corrected chi connectivity index (χ4v) is 3.19. The van der Waals surface area contributed by atoms with Crippen LogP contribution in [0.25, 0.3) is 16.6 Å². The van der Waals surface area contributed by atoms with Crippen molar-refractivity contribution in [3.8, 4) is 11.5 Å². The number of amides is 1. The van der Waals surface area contributed by atoms with Crippen LogP contribution in [-0.4, -0.2) is 38.3 Å². The monoisotopic (exact) mass is 395 g/mol. The third kappa shape index (κ3) is 3.04. The SMILES string of the molecule is O=C(Cn1nc2c3cc(F)ccc3ncn2c1=O)Nc1ccc2c(c1)OCCO2. The first-order valence-corrected chi connectivity index (χ1v) is 8.81. The predicted molar refractivity (Wildman–Crippen MR) is 101 cm³/mol. The van der Waals surface area contributed by atoms with E-state index in [0.717, 1.165) is 4.68 Å². The van der Waals surface area contributed by atoms with Crippen molar-refractivity contribution in [3.05, 3.63) is 59.0 Å². The summed E-state index contributed by atoms with van der Waals surface area (Å²) < 4.78 is 26.7. The van der Waals surface area contributed by atoms with Gasteiger partial charge in [0.25, 0.3) is 0 Å². The summed E-state index contributed by atoms with van der Waals surface area (Å²) in [5, 5.41) is 7.27. The molecule has 146 valence electrons. The number of carbonyl (C=O) groups excluding carboxylic acids is 1. The summed E-state index contributed by atoms with van der Waals surface area (Å²) in [7, 11) is 0. The number of aromatic nitrogens is 4. The summed E-state index contributed by atoms with van der Waals surface area (Å²) in [6.45, 7) is 0.596. The van der Waals surface area contributed by atoms with E-state index < -0.39 is 17.4 Å². The van der Waals surface area contributed by atoms with Crippen molar-refractivity contribution in [2.24, 2.45) is 0 Å². The Balaban J connectivity index is 1.43. The lowest BCUT2D eigenvalue weighted by atomic mass is 10.2. The second-order valence-corrected chi connectivity index (χ2v) is 6.45. The molecule has 5 rings (SSSR count). The molecule has 0 saturated carbocycles. The second-order valence-electron chi connectivity index (χ2n) is 6.45. The van der Waals surface area contributed by atoms with Crippen LogP contribution in [0.1, 0.15) is 0 Å². The first kappa shape index (κ1) is 17.2. The number of hydrogen-bond donors (Lipinski definition) is 1. The lowest BCUT2D eigenvalue weighted by molar-refractivity contribution is -0.117. The van der Waals surface area contributed by atoms with Crippen molar-refractivity contribution in [1.29, 1.82) is 0 Å². The van der Waals surface area contributed by atoms with Gasteiger partial charge in [-0.05, 0) is 30.3 Å². The molecule has 2 aromatic carbocycles. The van der Waals surface area contributed by atoms with Crippen LogP contribution in [0, 0.1) is 5.82 Å². The number of rotatable bonds is 3. The maximum Gasteiger partial charge on any atom is 0.352 e. The normalized spacial score (nSPS) is 13.0. The van der Waals surface area contributed by atoms with E-state index in [9.17, 15) is 14.0 Å². The third-order valence-electron chi connectivity index (χ3n) is 4.50. The Hall–Kier alpha value is -3.95. The summed E-state index contributed by atoms with van der Waals surface area (Å²) in [6.07, 6.45) is 1.31. The molecule has 1 N–H and O–H groups in total. The first-order chi connectivity index (χ1) is 14.1. The van der Waals surface area contributed by atoms with E-state index >= 15 is 0 Å². The minimum absolute atomic E-state index is 0.228. The molecular formula is C19H14FN5O4. The second kappa shape index (κ2) is 6.59. The molecule has 10 heteroatoms. The van der Waals surface area contributed by atoms with Crippen LogP contribution >= 0.6 is 0 Å². The van der Waals surface area contributed by atoms with Crippen molar-refractivity contribution in [3.63, 3.8) is 0 Å². The third-order valence-corrected chi connectivity index (χ3v) is 4.50. The molecule has 9 nitrogen and oxygen atoms in total. The number of carbonyl (C=O) groups is 1. The largest absolute Gasteiger partial charge is 0.486 e. The van der Waals surface area contributed by atoms with Gasteiger partial charge >= 0.3 is 5.69 Å². The topological polar surface area (TPSA) is 99.8 Å². The highest BCUT2D eigenvalue weighted by atomic mass is 19.1. The number of hydrogen-bond acceptors (Lipinski definition) is 6. The molecule has 3 heterocycles. The quantitative estimate of drug-likeness (QED) is 0.566. The van der Waals surface area contributed by atoms with Crippen LogP contribution in [0.3, 0.4) is 0 Å². The van der Waals surface area contributed by atoms with Crippen LogP contribution in [-0.2, 0) is 11.3 Å². The molecule has 0 saturated heterocycles. The van der Waals surface area contributed by atoms with Crippen LogP contribution in [0.4, 0.5) is 10.1 Å². The Morgan fingerprint density at radius 1 is 1.14 bits per heavy atom. The van der Waals surface area contributed by atoms with E-state index in [0.29, 0.717) is 41.3 Å². The number of nitrogens with one attached hydrogen (secondary N) is 1. The van der Waals surface area contributed by atoms with Gasteiger partial charge in [-0.15, -0.1) is 5.10 Å². The fraction of sp³-hybridized carbons (Fsp3) is 0.158. The van der Waals surface area contributed by atoms with E-state index in [2.05, 4.69) is 15.4 Å². The van der Waals surface area contributed by atoms with Gasteiger partial charge in [0.2, 0.25) is 5.91 Å². The Morgan fingerprint density at radius 3 is 2.83 bits per heavy atom. The van der Waals surface area contributed by atoms with Crippen molar-refractivity contribution < 1.29 is 18.7 Å². The standard InChI is InChI=1S/C19H14FN5O4/c20-11-1-3-14-13(7-11)18-23-25(19(27)24(18)10-21-14)9-17(26)22-12-2-4-15-16(8-12)29-6-5-28-15/h1-4,7-8,10H,5-6,9H2,(H,22,26). The Labute approximate surface area is 162 Å². The molecule has 1 aliphatic rings. The van der Waals surface area contributed by atoms with Crippen molar-refractivity contribution in [2.75, 3.05) is 18.5 Å². The van der Waals surface area contributed by atoms with Crippen molar-refractivity contribution in [2.45, 2.75) is 6.54 Å². The van der Waals surface area contributed by atoms with E-state index in [1.165, 1.54) is 28.9 Å². The Bertz CT molecular complexity index is 1330. The van der Waals surface area contributed by atoms with Gasteiger partial charge in [-0.25, -0.2) is 23.3 Å². The summed E-state index contributed by atoms with van der Waals surface area (Å²) in [4.78, 5) is 29.1. The Kier molecular flexibility index (Phi) is 3.90. The van der Waals surface area contributed by atoms with Crippen molar-refractivity contribution in [1.82, 2.24) is 19.2 Å². The van der Waals surface area contributed by atoms with Gasteiger partial charge in [-0.1, -0.05) is 0 Å². The van der Waals surface area contributed by atoms with Gasteiger partial charge in [0.15, 0.2) is 17.1 Å². The van der Waals surface area contributed by atoms with Gasteiger partial charge in [-0.2, -0.15) is 0 Å². The predicted octanol–water partition coefficient (Wildman–Crippen LogP) is 1.59. The average Bonchev–Trinajstić information content (AvgIpc) is 3.04. The highest BCUT2D eigenvalue weighted by Crippen LogP contribution is 2.32. The molecule has 0 radical (unpaired) electrons. The molecule has 0 unspecified atom stereocenters. The summed E-state index contributed by atoms with van der Waals surface area (Å²) >= 11 is 0. The molecular weight excluding hydrogens is 381 g/mol. The van der Waals surface area contributed by atoms with Crippen molar-refractivity contribution >= 4 is 28.1 Å². The number of halogens is 1. The molecule has 2 aromatic heterocycles. The zero-order valence-electron chi connectivity index (χ0n) is 15.0. The highest BCUT2D eigenvalue weighted by molar-refractivity contribution is 5.92. The first-order valence-electron chi connectivity index (χ1n) is 8.81. The molecule has 4 aromatic rings. The molecule has 1 amide bonds. The fourth-order valence-electron chi connectivity index (χ4n) is 3.19. The number of ether oxygens (including phenoxy) is 2. The zero-order valence-corrected chi connectivity index (χ0v) is 15.0. The number of anilines is 1. The summed E-state index contributed by atoms with van der Waals surface area (Å²) in [6, 6.07) is 9.07. The molecule has 0 bridgehead atoms. The minimum Gasteiger partial charge on any atom is -0.486 e. The molecule has 1 aliphatic heterocycles. The molecule has 0 spiro atoms. The highest BCUT2D eigenvalue weighted by Gasteiger charge is 2.16. The van der Waals surface area contributed by atoms with E-state index in [1.807, 2.05) is 0 Å².